The first kappa shape index (κ1) is 21.2. The fourth-order valence-corrected chi connectivity index (χ4v) is 3.43. The van der Waals surface area contributed by atoms with Crippen LogP contribution in [0.3, 0.4) is 0 Å². The zero-order valence-corrected chi connectivity index (χ0v) is 16.8. The van der Waals surface area contributed by atoms with Crippen molar-refractivity contribution in [1.82, 2.24) is 5.43 Å². The molecule has 2 N–H and O–H groups in total. The smallest absolute Gasteiger partial charge is 0.271 e. The van der Waals surface area contributed by atoms with Crippen LogP contribution in [0.1, 0.15) is 54.9 Å². The molecule has 0 heterocycles. The molecule has 30 heavy (non-hydrogen) atoms. The molecule has 8 nitrogen and oxygen atoms in total. The highest BCUT2D eigenvalue weighted by atomic mass is 16.6. The second kappa shape index (κ2) is 9.78. The van der Waals surface area contributed by atoms with Crippen LogP contribution >= 0.6 is 0 Å². The van der Waals surface area contributed by atoms with E-state index in [4.69, 9.17) is 0 Å². The standard InChI is InChI=1S/C22H24N4O4/c1-15(24-25-22(28)17-10-12-20(13-11-17)26(29)30)18-8-5-9-19(14-18)23-21(27)16-6-3-2-4-7-16/h5,8-14,16H,2-4,6-7H2,1H3,(H,23,27)(H,25,28)/b24-15+. The number of hydrazone groups is 1. The Balaban J connectivity index is 1.62. The molecule has 2 aromatic carbocycles. The van der Waals surface area contributed by atoms with E-state index < -0.39 is 10.8 Å². The van der Waals surface area contributed by atoms with Gasteiger partial charge in [0.2, 0.25) is 5.91 Å². The molecule has 2 amide bonds. The van der Waals surface area contributed by atoms with Crippen molar-refractivity contribution in [3.05, 3.63) is 69.8 Å². The Morgan fingerprint density at radius 1 is 1.03 bits per heavy atom. The van der Waals surface area contributed by atoms with Crippen molar-refractivity contribution >= 4 is 28.9 Å². The number of carbonyl (C=O) groups is 2. The molecule has 156 valence electrons. The molecule has 0 spiro atoms. The van der Waals surface area contributed by atoms with E-state index in [9.17, 15) is 19.7 Å². The highest BCUT2D eigenvalue weighted by Gasteiger charge is 2.21. The second-order valence-electron chi connectivity index (χ2n) is 7.35. The van der Waals surface area contributed by atoms with Crippen molar-refractivity contribution in [3.8, 4) is 0 Å². The second-order valence-corrected chi connectivity index (χ2v) is 7.35. The van der Waals surface area contributed by atoms with Crippen LogP contribution in [0.25, 0.3) is 0 Å². The molecule has 1 fully saturated rings. The van der Waals surface area contributed by atoms with Gasteiger partial charge in [-0.25, -0.2) is 5.43 Å². The number of rotatable bonds is 6. The number of anilines is 1. The molecule has 0 radical (unpaired) electrons. The highest BCUT2D eigenvalue weighted by molar-refractivity contribution is 6.02. The number of non-ortho nitro benzene ring substituents is 1. The summed E-state index contributed by atoms with van der Waals surface area (Å²) in [6.07, 6.45) is 5.25. The first-order chi connectivity index (χ1) is 14.4. The van der Waals surface area contributed by atoms with Crippen molar-refractivity contribution in [3.63, 3.8) is 0 Å². The van der Waals surface area contributed by atoms with Gasteiger partial charge < -0.3 is 5.32 Å². The lowest BCUT2D eigenvalue weighted by Gasteiger charge is -2.20. The molecular formula is C22H24N4O4. The molecule has 0 saturated heterocycles. The topological polar surface area (TPSA) is 114 Å². The summed E-state index contributed by atoms with van der Waals surface area (Å²) in [5.41, 5.74) is 4.66. The van der Waals surface area contributed by atoms with E-state index >= 15 is 0 Å². The maximum atomic E-state index is 12.4. The van der Waals surface area contributed by atoms with Gasteiger partial charge in [-0.2, -0.15) is 5.10 Å². The van der Waals surface area contributed by atoms with E-state index in [0.717, 1.165) is 31.2 Å². The molecule has 2 aromatic rings. The monoisotopic (exact) mass is 408 g/mol. The number of carbonyl (C=O) groups excluding carboxylic acids is 2. The van der Waals surface area contributed by atoms with Gasteiger partial charge in [0.15, 0.2) is 0 Å². The van der Waals surface area contributed by atoms with Crippen LogP contribution in [-0.2, 0) is 4.79 Å². The lowest BCUT2D eigenvalue weighted by molar-refractivity contribution is -0.384. The van der Waals surface area contributed by atoms with E-state index in [1.807, 2.05) is 24.3 Å². The molecule has 0 unspecified atom stereocenters. The van der Waals surface area contributed by atoms with Crippen molar-refractivity contribution < 1.29 is 14.5 Å². The van der Waals surface area contributed by atoms with Gasteiger partial charge in [-0.15, -0.1) is 0 Å². The zero-order valence-electron chi connectivity index (χ0n) is 16.8. The van der Waals surface area contributed by atoms with Crippen molar-refractivity contribution in [1.29, 1.82) is 0 Å². The summed E-state index contributed by atoms with van der Waals surface area (Å²) in [6, 6.07) is 12.6. The molecule has 0 aliphatic heterocycles. The maximum Gasteiger partial charge on any atom is 0.271 e. The third-order valence-electron chi connectivity index (χ3n) is 5.19. The van der Waals surface area contributed by atoms with Gasteiger partial charge >= 0.3 is 0 Å². The summed E-state index contributed by atoms with van der Waals surface area (Å²) in [6.45, 7) is 1.75. The van der Waals surface area contributed by atoms with E-state index in [-0.39, 0.29) is 23.1 Å². The van der Waals surface area contributed by atoms with Crippen LogP contribution < -0.4 is 10.7 Å². The third-order valence-corrected chi connectivity index (χ3v) is 5.19. The minimum Gasteiger partial charge on any atom is -0.326 e. The van der Waals surface area contributed by atoms with Gasteiger partial charge in [0.25, 0.3) is 11.6 Å². The van der Waals surface area contributed by atoms with Gasteiger partial charge in [-0.05, 0) is 49.6 Å². The van der Waals surface area contributed by atoms with Crippen LogP contribution in [0.2, 0.25) is 0 Å². The predicted molar refractivity (Wildman–Crippen MR) is 114 cm³/mol. The highest BCUT2D eigenvalue weighted by Crippen LogP contribution is 2.25. The van der Waals surface area contributed by atoms with E-state index in [1.54, 1.807) is 6.92 Å². The van der Waals surface area contributed by atoms with Crippen LogP contribution in [0.5, 0.6) is 0 Å². The van der Waals surface area contributed by atoms with Crippen LogP contribution in [0.4, 0.5) is 11.4 Å². The number of nitro groups is 1. The number of benzene rings is 2. The van der Waals surface area contributed by atoms with Gasteiger partial charge in [-0.1, -0.05) is 31.4 Å². The molecule has 0 aromatic heterocycles. The number of amides is 2. The Labute approximate surface area is 174 Å². The molecule has 8 heteroatoms. The Bertz CT molecular complexity index is 963. The van der Waals surface area contributed by atoms with Gasteiger partial charge in [-0.3, -0.25) is 19.7 Å². The Morgan fingerprint density at radius 3 is 2.40 bits per heavy atom. The average molecular weight is 408 g/mol. The van der Waals surface area contributed by atoms with Crippen molar-refractivity contribution in [2.75, 3.05) is 5.32 Å². The first-order valence-corrected chi connectivity index (χ1v) is 9.94. The maximum absolute atomic E-state index is 12.4. The number of hydrogen-bond donors (Lipinski definition) is 2. The van der Waals surface area contributed by atoms with E-state index in [0.29, 0.717) is 11.4 Å². The summed E-state index contributed by atoms with van der Waals surface area (Å²) in [7, 11) is 0. The molecular weight excluding hydrogens is 384 g/mol. The lowest BCUT2D eigenvalue weighted by atomic mass is 9.88. The van der Waals surface area contributed by atoms with Gasteiger partial charge in [0.1, 0.15) is 0 Å². The largest absolute Gasteiger partial charge is 0.326 e. The summed E-state index contributed by atoms with van der Waals surface area (Å²) in [5.74, 6) is -0.350. The average Bonchev–Trinajstić information content (AvgIpc) is 2.78. The number of nitrogens with one attached hydrogen (secondary N) is 2. The van der Waals surface area contributed by atoms with Crippen LogP contribution in [0, 0.1) is 16.0 Å². The molecule has 1 saturated carbocycles. The minimum atomic E-state index is -0.524. The fraction of sp³-hybridized carbons (Fsp3) is 0.318. The Hall–Kier alpha value is -3.55. The summed E-state index contributed by atoms with van der Waals surface area (Å²) < 4.78 is 0. The summed E-state index contributed by atoms with van der Waals surface area (Å²) in [5, 5.41) is 17.8. The molecule has 0 bridgehead atoms. The summed E-state index contributed by atoms with van der Waals surface area (Å²) >= 11 is 0. The van der Waals surface area contributed by atoms with Gasteiger partial charge in [0.05, 0.1) is 10.6 Å². The lowest BCUT2D eigenvalue weighted by Crippen LogP contribution is -2.24. The molecule has 1 aliphatic rings. The number of nitro benzene ring substituents is 1. The number of nitrogens with zero attached hydrogens (tertiary/aromatic N) is 2. The first-order valence-electron chi connectivity index (χ1n) is 9.94. The fourth-order valence-electron chi connectivity index (χ4n) is 3.43. The quantitative estimate of drug-likeness (QED) is 0.422. The van der Waals surface area contributed by atoms with E-state index in [1.165, 1.54) is 30.7 Å². The third kappa shape index (κ3) is 5.50. The van der Waals surface area contributed by atoms with Crippen molar-refractivity contribution in [2.24, 2.45) is 11.0 Å². The molecule has 1 aliphatic carbocycles. The normalized spacial score (nSPS) is 14.8. The van der Waals surface area contributed by atoms with E-state index in [2.05, 4.69) is 15.8 Å². The number of hydrogen-bond acceptors (Lipinski definition) is 5. The SMILES string of the molecule is C/C(=N\NC(=O)c1ccc([N+](=O)[O-])cc1)c1cccc(NC(=O)C2CCCCC2)c1. The van der Waals surface area contributed by atoms with Crippen molar-refractivity contribution in [2.45, 2.75) is 39.0 Å². The Kier molecular flexibility index (Phi) is 6.90. The zero-order chi connectivity index (χ0) is 21.5. The summed E-state index contributed by atoms with van der Waals surface area (Å²) in [4.78, 5) is 34.8. The Morgan fingerprint density at radius 2 is 1.73 bits per heavy atom. The van der Waals surface area contributed by atoms with Crippen LogP contribution in [0.15, 0.2) is 53.6 Å². The predicted octanol–water partition coefficient (Wildman–Crippen LogP) is 4.27. The molecule has 3 rings (SSSR count). The molecule has 0 atom stereocenters. The van der Waals surface area contributed by atoms with Gasteiger partial charge in [0, 0.05) is 29.3 Å². The minimum absolute atomic E-state index is 0.0490. The van der Waals surface area contributed by atoms with Crippen LogP contribution in [-0.4, -0.2) is 22.4 Å².